The van der Waals surface area contributed by atoms with Crippen molar-refractivity contribution < 1.29 is 4.79 Å². The Hall–Kier alpha value is 0.439. The second-order valence-corrected chi connectivity index (χ2v) is 6.03. The summed E-state index contributed by atoms with van der Waals surface area (Å²) >= 11 is 8.60. The second-order valence-electron chi connectivity index (χ2n) is 1.38. The van der Waals surface area contributed by atoms with E-state index in [2.05, 4.69) is 15.9 Å². The molecule has 0 atom stereocenters. The van der Waals surface area contributed by atoms with Gasteiger partial charge < -0.3 is 0 Å². The summed E-state index contributed by atoms with van der Waals surface area (Å²) < 4.78 is 1.79. The Morgan fingerprint density at radius 1 is 1.67 bits per heavy atom. The molecule has 0 radical (unpaired) electrons. The monoisotopic (exact) mass is 272 g/mol. The van der Waals surface area contributed by atoms with Gasteiger partial charge in [0.2, 0.25) is 0 Å². The quantitative estimate of drug-likeness (QED) is 0.563. The van der Waals surface area contributed by atoms with E-state index in [9.17, 15) is 4.79 Å². The van der Waals surface area contributed by atoms with Gasteiger partial charge in [-0.05, 0) is 0 Å². The van der Waals surface area contributed by atoms with Gasteiger partial charge >= 0.3 is 72.0 Å². The molecule has 0 aliphatic carbocycles. The normalized spacial score (nSPS) is 9.56. The van der Waals surface area contributed by atoms with Gasteiger partial charge in [0.1, 0.15) is 0 Å². The van der Waals surface area contributed by atoms with Crippen molar-refractivity contribution in [3.63, 3.8) is 0 Å². The maximum atomic E-state index is 10.5. The topological polar surface area (TPSA) is 17.1 Å². The predicted octanol–water partition coefficient (Wildman–Crippen LogP) is 1.89. The van der Waals surface area contributed by atoms with Crippen molar-refractivity contribution in [1.29, 1.82) is 0 Å². The van der Waals surface area contributed by atoms with E-state index in [4.69, 9.17) is 11.6 Å². The van der Waals surface area contributed by atoms with E-state index in [0.29, 0.717) is 0 Å². The molecule has 0 unspecified atom stereocenters. The summed E-state index contributed by atoms with van der Waals surface area (Å²) in [7, 11) is 0. The van der Waals surface area contributed by atoms with Crippen LogP contribution in [0, 0.1) is 0 Å². The van der Waals surface area contributed by atoms with Gasteiger partial charge in [-0.15, -0.1) is 0 Å². The molecule has 0 fully saturated rings. The Balaban J connectivity index is 2.98. The van der Waals surface area contributed by atoms with E-state index in [0.717, 1.165) is 7.78 Å². The van der Waals surface area contributed by atoms with Crippen LogP contribution < -0.4 is 0 Å². The van der Waals surface area contributed by atoms with Crippen LogP contribution in [-0.2, 0) is 0 Å². The van der Waals surface area contributed by atoms with Crippen LogP contribution in [-0.4, -0.2) is 19.7 Å². The average Bonchev–Trinajstić information content (AvgIpc) is 2.14. The summed E-state index contributed by atoms with van der Waals surface area (Å²) in [6.45, 7) is 0. The summed E-state index contributed by atoms with van der Waals surface area (Å²) in [6, 6.07) is 3.61. The van der Waals surface area contributed by atoms with Gasteiger partial charge in [0.15, 0.2) is 0 Å². The van der Waals surface area contributed by atoms with Crippen LogP contribution in [0.3, 0.4) is 0 Å². The first-order chi connectivity index (χ1) is 4.20. The fourth-order valence-corrected chi connectivity index (χ4v) is 2.90. The van der Waals surface area contributed by atoms with Crippen LogP contribution >= 0.6 is 27.5 Å². The van der Waals surface area contributed by atoms with Crippen LogP contribution in [0.4, 0.5) is 0 Å². The molecule has 0 spiro atoms. The van der Waals surface area contributed by atoms with Gasteiger partial charge in [0.05, 0.1) is 0 Å². The number of carbonyl (C=O) groups excluding carboxylic acids is 1. The molecule has 0 aromatic carbocycles. The molecule has 0 bridgehead atoms. The molecule has 1 nitrogen and oxygen atoms in total. The Morgan fingerprint density at radius 2 is 2.33 bits per heavy atom. The average molecular weight is 272 g/mol. The van der Waals surface area contributed by atoms with Crippen molar-refractivity contribution >= 4 is 47.3 Å². The van der Waals surface area contributed by atoms with E-state index >= 15 is 0 Å². The Bertz CT molecular complexity index is 233. The third-order valence-corrected chi connectivity index (χ3v) is 4.16. The summed E-state index contributed by atoms with van der Waals surface area (Å²) in [5.74, 6) is 0. The molecule has 9 heavy (non-hydrogen) atoms. The first-order valence-corrected chi connectivity index (χ1v) is 5.04. The number of halogens is 2. The minimum atomic E-state index is -0.333. The fourth-order valence-electron chi connectivity index (χ4n) is 0.420. The van der Waals surface area contributed by atoms with Gasteiger partial charge in [-0.1, -0.05) is 0 Å². The summed E-state index contributed by atoms with van der Waals surface area (Å²) in [5.41, 5.74) is 0. The van der Waals surface area contributed by atoms with Crippen molar-refractivity contribution in [1.82, 2.24) is 0 Å². The third-order valence-electron chi connectivity index (χ3n) is 0.767. The molecule has 1 aromatic heterocycles. The zero-order valence-corrected chi connectivity index (χ0v) is 8.28. The summed E-state index contributed by atoms with van der Waals surface area (Å²) in [6.07, 6.45) is 0. The maximum absolute atomic E-state index is 10.5. The molecule has 0 saturated carbocycles. The van der Waals surface area contributed by atoms with Gasteiger partial charge in [0, 0.05) is 0 Å². The molecule has 0 aliphatic rings. The third kappa shape index (κ3) is 1.94. The van der Waals surface area contributed by atoms with Gasteiger partial charge in [-0.3, -0.25) is 0 Å². The molecule has 48 valence electrons. The van der Waals surface area contributed by atoms with Crippen molar-refractivity contribution in [3.05, 3.63) is 19.9 Å². The number of hydrogen-bond donors (Lipinski definition) is 0. The van der Waals surface area contributed by atoms with Crippen molar-refractivity contribution in [3.8, 4) is 0 Å². The fraction of sp³-hybridized carbons (Fsp3) is 0. The Kier molecular flexibility index (Phi) is 2.53. The summed E-state index contributed by atoms with van der Waals surface area (Å²) in [5, 5.41) is -0.333. The van der Waals surface area contributed by atoms with E-state index in [-0.39, 0.29) is 19.7 Å². The van der Waals surface area contributed by atoms with Crippen LogP contribution in [0.1, 0.15) is 9.23 Å². The number of hydrogen-bond acceptors (Lipinski definition) is 1. The van der Waals surface area contributed by atoms with E-state index in [1.165, 1.54) is 0 Å². The molecule has 1 aromatic rings. The zero-order chi connectivity index (χ0) is 6.85. The molecule has 4 heteroatoms. The van der Waals surface area contributed by atoms with E-state index in [1.807, 2.05) is 6.07 Å². The van der Waals surface area contributed by atoms with Gasteiger partial charge in [-0.2, -0.15) is 0 Å². The molecule has 1 heterocycles. The van der Waals surface area contributed by atoms with Gasteiger partial charge in [-0.25, -0.2) is 0 Å². The molecule has 0 N–H and O–H groups in total. The van der Waals surface area contributed by atoms with Crippen LogP contribution in [0.25, 0.3) is 0 Å². The summed E-state index contributed by atoms with van der Waals surface area (Å²) in [4.78, 5) is 10.5. The van der Waals surface area contributed by atoms with Crippen molar-refractivity contribution in [2.45, 2.75) is 0 Å². The van der Waals surface area contributed by atoms with Crippen LogP contribution in [0.5, 0.6) is 0 Å². The first-order valence-electron chi connectivity index (χ1n) is 2.15. The standard InChI is InChI=1S/C5H2BrClOSe/c6-4-2-1-3(9-4)5(7)8/h1-2H. The molecule has 0 aliphatic heterocycles. The molecular formula is C5H2BrClOSe. The molecule has 0 amide bonds. The van der Waals surface area contributed by atoms with E-state index in [1.54, 1.807) is 6.07 Å². The first kappa shape index (κ1) is 7.55. The predicted molar refractivity (Wildman–Crippen MR) is 41.3 cm³/mol. The van der Waals surface area contributed by atoms with Crippen molar-refractivity contribution in [2.24, 2.45) is 0 Å². The second kappa shape index (κ2) is 3.02. The van der Waals surface area contributed by atoms with Gasteiger partial charge in [0.25, 0.3) is 0 Å². The molecule has 1 rings (SSSR count). The molecule has 0 saturated heterocycles. The Labute approximate surface area is 71.9 Å². The van der Waals surface area contributed by atoms with Crippen LogP contribution in [0.2, 0.25) is 0 Å². The van der Waals surface area contributed by atoms with Crippen LogP contribution in [0.15, 0.2) is 15.5 Å². The minimum absolute atomic E-state index is 0.124. The van der Waals surface area contributed by atoms with Crippen molar-refractivity contribution in [2.75, 3.05) is 0 Å². The Morgan fingerprint density at radius 3 is 2.56 bits per heavy atom. The SMILES string of the molecule is O=C(Cl)c1ccc(Br)[se]1. The molecular weight excluding hydrogens is 270 g/mol. The van der Waals surface area contributed by atoms with E-state index < -0.39 is 0 Å². The number of carbonyl (C=O) groups is 1. The number of rotatable bonds is 1. The zero-order valence-electron chi connectivity index (χ0n) is 4.23.